The van der Waals surface area contributed by atoms with Gasteiger partial charge in [-0.15, -0.1) is 11.3 Å². The standard InChI is InChI=1S/C27H30N4O7S/c1-35-20-8-6-5-7-17(20)24(32)29-30-25(33)19-15-39-26(28-19)16-11-13-31(14-12-16)27(34)18-9-10-21(36-2)23(38-4)22(18)37-3/h5-10,15-16H,11-14H2,1-4H3,(H,29,32)(H,30,33). The highest BCUT2D eigenvalue weighted by Gasteiger charge is 2.30. The number of carbonyl (C=O) groups is 3. The van der Waals surface area contributed by atoms with Gasteiger partial charge in [0.2, 0.25) is 5.75 Å². The normalized spacial score (nSPS) is 13.4. The smallest absolute Gasteiger partial charge is 0.289 e. The number of piperidine rings is 1. The molecule has 0 spiro atoms. The molecule has 3 amide bonds. The first-order valence-electron chi connectivity index (χ1n) is 12.2. The Labute approximate surface area is 230 Å². The highest BCUT2D eigenvalue weighted by Crippen LogP contribution is 2.41. The van der Waals surface area contributed by atoms with Crippen molar-refractivity contribution in [3.8, 4) is 23.0 Å². The van der Waals surface area contributed by atoms with Gasteiger partial charge in [-0.1, -0.05) is 12.1 Å². The number of nitrogens with zero attached hydrogens (tertiary/aromatic N) is 2. The summed E-state index contributed by atoms with van der Waals surface area (Å²) in [5, 5.41) is 2.47. The van der Waals surface area contributed by atoms with Gasteiger partial charge in [-0.05, 0) is 37.1 Å². The van der Waals surface area contributed by atoms with Crippen LogP contribution in [0.3, 0.4) is 0 Å². The molecule has 1 fully saturated rings. The van der Waals surface area contributed by atoms with Crippen molar-refractivity contribution in [3.05, 3.63) is 63.6 Å². The van der Waals surface area contributed by atoms with Crippen molar-refractivity contribution in [1.29, 1.82) is 0 Å². The monoisotopic (exact) mass is 554 g/mol. The minimum Gasteiger partial charge on any atom is -0.496 e. The van der Waals surface area contributed by atoms with E-state index in [-0.39, 0.29) is 17.5 Å². The molecule has 1 saturated heterocycles. The molecule has 2 N–H and O–H groups in total. The Kier molecular flexibility index (Phi) is 8.87. The molecule has 3 aromatic rings. The Bertz CT molecular complexity index is 1350. The van der Waals surface area contributed by atoms with Crippen LogP contribution in [-0.4, -0.2) is 69.1 Å². The van der Waals surface area contributed by atoms with Crippen LogP contribution in [0.4, 0.5) is 0 Å². The van der Waals surface area contributed by atoms with Crippen LogP contribution >= 0.6 is 11.3 Å². The number of para-hydroxylation sites is 1. The van der Waals surface area contributed by atoms with Crippen molar-refractivity contribution in [2.75, 3.05) is 41.5 Å². The summed E-state index contributed by atoms with van der Waals surface area (Å²) in [5.74, 6) is 0.508. The minimum atomic E-state index is -0.520. The zero-order chi connectivity index (χ0) is 27.9. The van der Waals surface area contributed by atoms with Gasteiger partial charge >= 0.3 is 0 Å². The molecule has 12 heteroatoms. The van der Waals surface area contributed by atoms with Gasteiger partial charge in [0.05, 0.1) is 44.6 Å². The Morgan fingerprint density at radius 3 is 2.15 bits per heavy atom. The third kappa shape index (κ3) is 5.90. The average Bonchev–Trinajstić information content (AvgIpc) is 3.49. The fourth-order valence-electron chi connectivity index (χ4n) is 4.43. The second-order valence-electron chi connectivity index (χ2n) is 8.63. The number of carbonyl (C=O) groups excluding carboxylic acids is 3. The molecule has 0 aliphatic carbocycles. The molecular formula is C27H30N4O7S. The quantitative estimate of drug-likeness (QED) is 0.406. The molecule has 39 heavy (non-hydrogen) atoms. The zero-order valence-electron chi connectivity index (χ0n) is 22.1. The van der Waals surface area contributed by atoms with Crippen molar-refractivity contribution in [3.63, 3.8) is 0 Å². The van der Waals surface area contributed by atoms with Gasteiger partial charge in [0.1, 0.15) is 11.4 Å². The van der Waals surface area contributed by atoms with Gasteiger partial charge in [0, 0.05) is 24.4 Å². The van der Waals surface area contributed by atoms with Crippen LogP contribution < -0.4 is 29.8 Å². The van der Waals surface area contributed by atoms with E-state index in [0.29, 0.717) is 60.1 Å². The summed E-state index contributed by atoms with van der Waals surface area (Å²) < 4.78 is 21.4. The highest BCUT2D eigenvalue weighted by atomic mass is 32.1. The maximum atomic E-state index is 13.3. The fraction of sp³-hybridized carbons (Fsp3) is 0.333. The molecule has 0 bridgehead atoms. The van der Waals surface area contributed by atoms with E-state index in [4.69, 9.17) is 18.9 Å². The second kappa shape index (κ2) is 12.5. The van der Waals surface area contributed by atoms with Crippen LogP contribution in [0, 0.1) is 0 Å². The fourth-order valence-corrected chi connectivity index (χ4v) is 5.40. The summed E-state index contributed by atoms with van der Waals surface area (Å²) in [5.41, 5.74) is 5.70. The van der Waals surface area contributed by atoms with E-state index in [1.807, 2.05) is 0 Å². The molecule has 0 radical (unpaired) electrons. The van der Waals surface area contributed by atoms with Crippen LogP contribution in [0.25, 0.3) is 0 Å². The number of aromatic nitrogens is 1. The van der Waals surface area contributed by atoms with E-state index in [9.17, 15) is 14.4 Å². The summed E-state index contributed by atoms with van der Waals surface area (Å²) in [7, 11) is 5.97. The number of benzene rings is 2. The number of amides is 3. The lowest BCUT2D eigenvalue weighted by Gasteiger charge is -2.31. The predicted octanol–water partition coefficient (Wildman–Crippen LogP) is 3.27. The Balaban J connectivity index is 1.35. The maximum Gasteiger partial charge on any atom is 0.289 e. The summed E-state index contributed by atoms with van der Waals surface area (Å²) >= 11 is 1.38. The molecule has 0 saturated carbocycles. The predicted molar refractivity (Wildman–Crippen MR) is 144 cm³/mol. The van der Waals surface area contributed by atoms with E-state index < -0.39 is 11.8 Å². The van der Waals surface area contributed by atoms with E-state index in [1.54, 1.807) is 46.7 Å². The van der Waals surface area contributed by atoms with Crippen LogP contribution in [-0.2, 0) is 0 Å². The lowest BCUT2D eigenvalue weighted by Crippen LogP contribution is -2.42. The summed E-state index contributed by atoms with van der Waals surface area (Å²) in [6.07, 6.45) is 1.39. The number of nitrogens with one attached hydrogen (secondary N) is 2. The lowest BCUT2D eigenvalue weighted by molar-refractivity contribution is 0.0708. The SMILES string of the molecule is COc1ccccc1C(=O)NNC(=O)c1csc(C2CCN(C(=O)c3ccc(OC)c(OC)c3OC)CC2)n1. The first kappa shape index (κ1) is 27.7. The minimum absolute atomic E-state index is 0.107. The van der Waals surface area contributed by atoms with Crippen molar-refractivity contribution in [2.24, 2.45) is 0 Å². The molecule has 2 aromatic carbocycles. The van der Waals surface area contributed by atoms with Crippen LogP contribution in [0.5, 0.6) is 23.0 Å². The van der Waals surface area contributed by atoms with Crippen molar-refractivity contribution < 1.29 is 33.3 Å². The number of methoxy groups -OCH3 is 4. The number of hydrazine groups is 1. The first-order chi connectivity index (χ1) is 18.9. The molecule has 1 aliphatic rings. The Morgan fingerprint density at radius 2 is 1.49 bits per heavy atom. The molecule has 206 valence electrons. The van der Waals surface area contributed by atoms with Crippen molar-refractivity contribution in [1.82, 2.24) is 20.7 Å². The molecule has 2 heterocycles. The van der Waals surface area contributed by atoms with Gasteiger partial charge in [-0.3, -0.25) is 25.2 Å². The molecule has 1 aliphatic heterocycles. The Hall–Kier alpha value is -4.32. The van der Waals surface area contributed by atoms with Gasteiger partial charge < -0.3 is 23.8 Å². The Morgan fingerprint density at radius 1 is 0.821 bits per heavy atom. The number of rotatable bonds is 8. The van der Waals surface area contributed by atoms with Gasteiger partial charge in [0.25, 0.3) is 17.7 Å². The topological polar surface area (TPSA) is 128 Å². The third-order valence-electron chi connectivity index (χ3n) is 6.46. The largest absolute Gasteiger partial charge is 0.496 e. The van der Waals surface area contributed by atoms with Gasteiger partial charge in [0.15, 0.2) is 11.5 Å². The molecule has 4 rings (SSSR count). The number of thiazole rings is 1. The summed E-state index contributed by atoms with van der Waals surface area (Å²) in [4.78, 5) is 44.6. The van der Waals surface area contributed by atoms with E-state index in [0.717, 1.165) is 5.01 Å². The van der Waals surface area contributed by atoms with Crippen LogP contribution in [0.1, 0.15) is 55.0 Å². The van der Waals surface area contributed by atoms with Crippen molar-refractivity contribution >= 4 is 29.1 Å². The first-order valence-corrected chi connectivity index (χ1v) is 13.1. The zero-order valence-corrected chi connectivity index (χ0v) is 22.9. The maximum absolute atomic E-state index is 13.3. The van der Waals surface area contributed by atoms with E-state index in [2.05, 4.69) is 15.8 Å². The lowest BCUT2D eigenvalue weighted by atomic mass is 9.97. The van der Waals surface area contributed by atoms with Crippen LogP contribution in [0.2, 0.25) is 0 Å². The number of hydrogen-bond donors (Lipinski definition) is 2. The van der Waals surface area contributed by atoms with E-state index >= 15 is 0 Å². The number of likely N-dealkylation sites (tertiary alicyclic amines) is 1. The highest BCUT2D eigenvalue weighted by molar-refractivity contribution is 7.09. The van der Waals surface area contributed by atoms with Gasteiger partial charge in [-0.2, -0.15) is 0 Å². The third-order valence-corrected chi connectivity index (χ3v) is 7.47. The average molecular weight is 555 g/mol. The molecular weight excluding hydrogens is 524 g/mol. The van der Waals surface area contributed by atoms with Gasteiger partial charge in [-0.25, -0.2) is 4.98 Å². The van der Waals surface area contributed by atoms with Crippen LogP contribution in [0.15, 0.2) is 41.8 Å². The number of ether oxygens (including phenoxy) is 4. The molecule has 0 unspecified atom stereocenters. The van der Waals surface area contributed by atoms with E-state index in [1.165, 1.54) is 39.8 Å². The molecule has 1 aromatic heterocycles. The number of hydrogen-bond acceptors (Lipinski definition) is 9. The summed E-state index contributed by atoms with van der Waals surface area (Å²) in [6, 6.07) is 10.1. The second-order valence-corrected chi connectivity index (χ2v) is 9.52. The molecule has 11 nitrogen and oxygen atoms in total. The van der Waals surface area contributed by atoms with Crippen molar-refractivity contribution in [2.45, 2.75) is 18.8 Å². The summed E-state index contributed by atoms with van der Waals surface area (Å²) in [6.45, 7) is 1.05. The molecule has 0 atom stereocenters.